The molecule has 2 aliphatic carbocycles. The predicted octanol–water partition coefficient (Wildman–Crippen LogP) is 5.44. The molecule has 6 heteroatoms. The third-order valence-electron chi connectivity index (χ3n) is 7.68. The van der Waals surface area contributed by atoms with Crippen LogP contribution < -0.4 is 4.74 Å². The summed E-state index contributed by atoms with van der Waals surface area (Å²) in [5.74, 6) is 0.651. The number of unbranched alkanes of at least 4 members (excludes halogenated alkanes) is 4. The fourth-order valence-corrected chi connectivity index (χ4v) is 5.72. The lowest BCUT2D eigenvalue weighted by Gasteiger charge is -2.42. The number of aliphatic hydroxyl groups is 2. The van der Waals surface area contributed by atoms with Gasteiger partial charge in [-0.3, -0.25) is 4.79 Å². The molecule has 34 heavy (non-hydrogen) atoms. The highest BCUT2D eigenvalue weighted by molar-refractivity contribution is 5.66. The first-order chi connectivity index (χ1) is 16.4. The Morgan fingerprint density at radius 1 is 1.09 bits per heavy atom. The molecule has 3 atom stereocenters. The number of phenolic OH excluding ortho intramolecular Hbond substituents is 1. The van der Waals surface area contributed by atoms with Gasteiger partial charge in [0, 0.05) is 20.0 Å². The molecular formula is C28H44O6. The van der Waals surface area contributed by atoms with Crippen LogP contribution in [0, 0.1) is 5.92 Å². The van der Waals surface area contributed by atoms with Crippen LogP contribution in [0.1, 0.15) is 102 Å². The molecular weight excluding hydrogens is 432 g/mol. The van der Waals surface area contributed by atoms with Gasteiger partial charge in [-0.15, -0.1) is 0 Å². The lowest BCUT2D eigenvalue weighted by molar-refractivity contribution is -0.168. The standard InChI is InChI=1S/C28H44O6/c1-21(30)34-28(17-15-23(26(32)20-28)9-5-3-2-4-8-18-29)16-14-22-12-13-25(31)27(19-22)33-24-10-6-7-11-24/h12-13,19,23-24,26,29,31-32H,2-11,14-18,20H2,1H3/t23-,26-,28-/m1/s1. The van der Waals surface area contributed by atoms with Crippen molar-refractivity contribution in [2.24, 2.45) is 5.92 Å². The molecule has 2 aliphatic rings. The third-order valence-corrected chi connectivity index (χ3v) is 7.68. The summed E-state index contributed by atoms with van der Waals surface area (Å²) in [6.45, 7) is 1.71. The zero-order valence-corrected chi connectivity index (χ0v) is 20.8. The van der Waals surface area contributed by atoms with E-state index in [-0.39, 0.29) is 30.3 Å². The molecule has 2 fully saturated rings. The molecule has 0 radical (unpaired) electrons. The van der Waals surface area contributed by atoms with Crippen molar-refractivity contribution in [1.29, 1.82) is 0 Å². The Kier molecular flexibility index (Phi) is 10.5. The molecule has 1 aromatic carbocycles. The van der Waals surface area contributed by atoms with Crippen molar-refractivity contribution in [3.63, 3.8) is 0 Å². The molecule has 1 aromatic rings. The summed E-state index contributed by atoms with van der Waals surface area (Å²) in [6, 6.07) is 5.50. The highest BCUT2D eigenvalue weighted by atomic mass is 16.6. The number of rotatable bonds is 13. The summed E-state index contributed by atoms with van der Waals surface area (Å²) in [5.41, 5.74) is 0.393. The fourth-order valence-electron chi connectivity index (χ4n) is 5.72. The summed E-state index contributed by atoms with van der Waals surface area (Å²) in [7, 11) is 0. The highest BCUT2D eigenvalue weighted by Crippen LogP contribution is 2.41. The number of phenols is 1. The van der Waals surface area contributed by atoms with Crippen molar-refractivity contribution in [2.75, 3.05) is 6.61 Å². The molecule has 6 nitrogen and oxygen atoms in total. The minimum atomic E-state index is -0.646. The highest BCUT2D eigenvalue weighted by Gasteiger charge is 2.42. The number of ether oxygens (including phenoxy) is 2. The maximum atomic E-state index is 11.9. The fraction of sp³-hybridized carbons (Fsp3) is 0.750. The minimum absolute atomic E-state index is 0.164. The lowest BCUT2D eigenvalue weighted by Crippen LogP contribution is -2.45. The van der Waals surface area contributed by atoms with Crippen LogP contribution >= 0.6 is 0 Å². The Morgan fingerprint density at radius 2 is 1.82 bits per heavy atom. The number of carbonyl (C=O) groups is 1. The van der Waals surface area contributed by atoms with Gasteiger partial charge in [0.05, 0.1) is 12.2 Å². The van der Waals surface area contributed by atoms with Gasteiger partial charge in [0.2, 0.25) is 0 Å². The number of aliphatic hydroxyl groups excluding tert-OH is 2. The van der Waals surface area contributed by atoms with E-state index in [1.165, 1.54) is 19.8 Å². The van der Waals surface area contributed by atoms with E-state index in [2.05, 4.69) is 0 Å². The Balaban J connectivity index is 1.55. The van der Waals surface area contributed by atoms with Crippen molar-refractivity contribution >= 4 is 5.97 Å². The van der Waals surface area contributed by atoms with Crippen LogP contribution in [0.2, 0.25) is 0 Å². The van der Waals surface area contributed by atoms with Crippen LogP contribution in [-0.4, -0.2) is 45.7 Å². The molecule has 0 saturated heterocycles. The first-order valence-corrected chi connectivity index (χ1v) is 13.4. The number of aryl methyl sites for hydroxylation is 1. The van der Waals surface area contributed by atoms with E-state index in [0.29, 0.717) is 25.0 Å². The van der Waals surface area contributed by atoms with Crippen LogP contribution in [0.5, 0.6) is 11.5 Å². The smallest absolute Gasteiger partial charge is 0.303 e. The van der Waals surface area contributed by atoms with Crippen molar-refractivity contribution in [3.05, 3.63) is 23.8 Å². The van der Waals surface area contributed by atoms with Crippen molar-refractivity contribution in [3.8, 4) is 11.5 Å². The molecule has 2 saturated carbocycles. The Hall–Kier alpha value is -1.79. The van der Waals surface area contributed by atoms with Gasteiger partial charge in [-0.05, 0) is 87.8 Å². The van der Waals surface area contributed by atoms with E-state index < -0.39 is 11.7 Å². The van der Waals surface area contributed by atoms with Gasteiger partial charge in [0.15, 0.2) is 11.5 Å². The molecule has 3 N–H and O–H groups in total. The number of aromatic hydroxyl groups is 1. The van der Waals surface area contributed by atoms with Gasteiger partial charge in [-0.25, -0.2) is 0 Å². The lowest BCUT2D eigenvalue weighted by atomic mass is 9.72. The molecule has 0 heterocycles. The van der Waals surface area contributed by atoms with Gasteiger partial charge in [0.1, 0.15) is 5.60 Å². The predicted molar refractivity (Wildman–Crippen MR) is 132 cm³/mol. The number of hydrogen-bond donors (Lipinski definition) is 3. The molecule has 192 valence electrons. The topological polar surface area (TPSA) is 96.2 Å². The van der Waals surface area contributed by atoms with Gasteiger partial charge >= 0.3 is 5.97 Å². The van der Waals surface area contributed by atoms with E-state index in [0.717, 1.165) is 69.8 Å². The zero-order valence-electron chi connectivity index (χ0n) is 20.8. The largest absolute Gasteiger partial charge is 0.504 e. The molecule has 0 aromatic heterocycles. The van der Waals surface area contributed by atoms with E-state index in [9.17, 15) is 15.0 Å². The summed E-state index contributed by atoms with van der Waals surface area (Å²) < 4.78 is 11.9. The molecule has 3 rings (SSSR count). The van der Waals surface area contributed by atoms with Crippen LogP contribution in [0.25, 0.3) is 0 Å². The summed E-state index contributed by atoms with van der Waals surface area (Å²) in [5, 5.41) is 30.0. The quantitative estimate of drug-likeness (QED) is 0.259. The van der Waals surface area contributed by atoms with Gasteiger partial charge in [-0.2, -0.15) is 0 Å². The number of esters is 1. The molecule has 0 bridgehead atoms. The Morgan fingerprint density at radius 3 is 2.53 bits per heavy atom. The Bertz CT molecular complexity index is 759. The molecule has 0 spiro atoms. The Labute approximate surface area is 204 Å². The second-order valence-corrected chi connectivity index (χ2v) is 10.5. The average Bonchev–Trinajstić information content (AvgIpc) is 3.31. The van der Waals surface area contributed by atoms with Crippen LogP contribution in [0.3, 0.4) is 0 Å². The maximum Gasteiger partial charge on any atom is 0.303 e. The molecule has 0 amide bonds. The van der Waals surface area contributed by atoms with Gasteiger partial charge in [0.25, 0.3) is 0 Å². The van der Waals surface area contributed by atoms with E-state index in [1.807, 2.05) is 12.1 Å². The molecule has 0 aliphatic heterocycles. The van der Waals surface area contributed by atoms with E-state index in [4.69, 9.17) is 14.6 Å². The van der Waals surface area contributed by atoms with E-state index >= 15 is 0 Å². The van der Waals surface area contributed by atoms with E-state index in [1.54, 1.807) is 6.07 Å². The zero-order chi connectivity index (χ0) is 24.4. The minimum Gasteiger partial charge on any atom is -0.504 e. The second kappa shape index (κ2) is 13.3. The first kappa shape index (κ1) is 26.8. The van der Waals surface area contributed by atoms with Crippen molar-refractivity contribution in [1.82, 2.24) is 0 Å². The second-order valence-electron chi connectivity index (χ2n) is 10.5. The number of hydrogen-bond acceptors (Lipinski definition) is 6. The summed E-state index contributed by atoms with van der Waals surface area (Å²) in [4.78, 5) is 11.9. The van der Waals surface area contributed by atoms with Crippen molar-refractivity contribution < 1.29 is 29.6 Å². The van der Waals surface area contributed by atoms with Crippen LogP contribution in [0.4, 0.5) is 0 Å². The first-order valence-electron chi connectivity index (χ1n) is 13.4. The number of carbonyl (C=O) groups excluding carboxylic acids is 1. The third kappa shape index (κ3) is 8.16. The molecule has 0 unspecified atom stereocenters. The monoisotopic (exact) mass is 476 g/mol. The number of benzene rings is 1. The van der Waals surface area contributed by atoms with Crippen molar-refractivity contribution in [2.45, 2.75) is 121 Å². The summed E-state index contributed by atoms with van der Waals surface area (Å²) in [6.07, 6.45) is 13.8. The van der Waals surface area contributed by atoms with Gasteiger partial charge < -0.3 is 24.8 Å². The SMILES string of the molecule is CC(=O)O[C@]1(CCc2ccc(O)c(OC3CCCC3)c2)CC[C@@H](CCCCCCCO)[C@H](O)C1. The van der Waals surface area contributed by atoms with Gasteiger partial charge in [-0.1, -0.05) is 31.7 Å². The van der Waals surface area contributed by atoms with Crippen LogP contribution in [0.15, 0.2) is 18.2 Å². The average molecular weight is 477 g/mol. The normalized spacial score (nSPS) is 25.4. The maximum absolute atomic E-state index is 11.9. The van der Waals surface area contributed by atoms with Crippen LogP contribution in [-0.2, 0) is 16.0 Å². The summed E-state index contributed by atoms with van der Waals surface area (Å²) >= 11 is 0.